The van der Waals surface area contributed by atoms with Crippen molar-refractivity contribution < 1.29 is 35.9 Å². The molecule has 1 heterocycles. The fraction of sp³-hybridized carbons (Fsp3) is 0.250. The number of carbonyl (C=O) groups excluding carboxylic acids is 1. The predicted molar refractivity (Wildman–Crippen MR) is 74.8 cm³/mol. The number of aromatic nitrogens is 1. The first-order valence-electron chi connectivity index (χ1n) is 6.91. The van der Waals surface area contributed by atoms with Gasteiger partial charge in [0.25, 0.3) is 0 Å². The quantitative estimate of drug-likeness (QED) is 0.742. The van der Waals surface area contributed by atoms with Gasteiger partial charge in [-0.2, -0.15) is 13.2 Å². The molecule has 0 saturated heterocycles. The van der Waals surface area contributed by atoms with Crippen LogP contribution in [0.15, 0.2) is 42.6 Å². The molecular weight excluding hydrogens is 352 g/mol. The molecule has 0 bridgehead atoms. The van der Waals surface area contributed by atoms with Gasteiger partial charge in [0.15, 0.2) is 0 Å². The lowest BCUT2D eigenvalue weighted by Crippen LogP contribution is -2.17. The second-order valence-electron chi connectivity index (χ2n) is 5.13. The van der Waals surface area contributed by atoms with E-state index in [1.165, 1.54) is 12.1 Å². The topological polar surface area (TPSA) is 39.2 Å². The van der Waals surface area contributed by atoms with E-state index >= 15 is 0 Å². The van der Waals surface area contributed by atoms with Crippen LogP contribution in [0.3, 0.4) is 0 Å². The molecular formula is C16H11F6NO2. The molecule has 0 amide bonds. The normalized spacial score (nSPS) is 12.1. The van der Waals surface area contributed by atoms with Crippen molar-refractivity contribution in [3.8, 4) is 5.75 Å². The third-order valence-electron chi connectivity index (χ3n) is 3.07. The molecule has 0 spiro atoms. The Labute approximate surface area is 138 Å². The molecule has 0 aliphatic heterocycles. The molecule has 0 radical (unpaired) electrons. The highest BCUT2D eigenvalue weighted by Crippen LogP contribution is 2.27. The number of ether oxygens (including phenoxy) is 1. The van der Waals surface area contributed by atoms with Gasteiger partial charge in [0.1, 0.15) is 17.2 Å². The number of nitrogens with zero attached hydrogens (tertiary/aromatic N) is 1. The minimum Gasteiger partial charge on any atom is -0.406 e. The van der Waals surface area contributed by atoms with E-state index in [9.17, 15) is 31.1 Å². The van der Waals surface area contributed by atoms with Crippen LogP contribution in [0.4, 0.5) is 26.3 Å². The highest BCUT2D eigenvalue weighted by Gasteiger charge is 2.32. The number of hydrogen-bond acceptors (Lipinski definition) is 3. The van der Waals surface area contributed by atoms with Crippen LogP contribution in [0.25, 0.3) is 0 Å². The summed E-state index contributed by atoms with van der Waals surface area (Å²) in [6.45, 7) is 0. The van der Waals surface area contributed by atoms with E-state index in [0.717, 1.165) is 30.5 Å². The van der Waals surface area contributed by atoms with Crippen LogP contribution < -0.4 is 4.74 Å². The zero-order valence-electron chi connectivity index (χ0n) is 12.5. The number of pyridine rings is 1. The number of ketones is 1. The summed E-state index contributed by atoms with van der Waals surface area (Å²) in [6, 6.07) is 6.72. The summed E-state index contributed by atoms with van der Waals surface area (Å²) >= 11 is 0. The first kappa shape index (κ1) is 18.8. The van der Waals surface area contributed by atoms with Crippen LogP contribution in [0.2, 0.25) is 0 Å². The molecule has 134 valence electrons. The van der Waals surface area contributed by atoms with Gasteiger partial charge in [-0.25, -0.2) is 0 Å². The average Bonchev–Trinajstić information content (AvgIpc) is 2.47. The Balaban J connectivity index is 1.94. The van der Waals surface area contributed by atoms with Crippen molar-refractivity contribution in [2.24, 2.45) is 0 Å². The number of rotatable bonds is 5. The van der Waals surface area contributed by atoms with E-state index in [4.69, 9.17) is 0 Å². The van der Waals surface area contributed by atoms with E-state index in [-0.39, 0.29) is 18.6 Å². The minimum atomic E-state index is -4.80. The minimum absolute atomic E-state index is 0.0761. The van der Waals surface area contributed by atoms with Crippen molar-refractivity contribution in [3.63, 3.8) is 0 Å². The molecule has 1 aromatic heterocycles. The SMILES string of the molecule is O=C(Cc1ccc(OC(F)(F)F)cc1)Cc1ccc(C(F)(F)F)nc1. The number of alkyl halides is 6. The van der Waals surface area contributed by atoms with E-state index < -0.39 is 24.0 Å². The molecule has 0 N–H and O–H groups in total. The smallest absolute Gasteiger partial charge is 0.406 e. The summed E-state index contributed by atoms with van der Waals surface area (Å²) in [5.41, 5.74) is -0.279. The van der Waals surface area contributed by atoms with E-state index in [1.807, 2.05) is 0 Å². The number of benzene rings is 1. The van der Waals surface area contributed by atoms with Crippen molar-refractivity contribution in [1.82, 2.24) is 4.98 Å². The third-order valence-corrected chi connectivity index (χ3v) is 3.07. The summed E-state index contributed by atoms with van der Waals surface area (Å²) in [6.07, 6.45) is -8.59. The molecule has 0 atom stereocenters. The zero-order chi connectivity index (χ0) is 18.7. The first-order valence-corrected chi connectivity index (χ1v) is 6.91. The fourth-order valence-electron chi connectivity index (χ4n) is 2.02. The van der Waals surface area contributed by atoms with Gasteiger partial charge < -0.3 is 4.74 Å². The summed E-state index contributed by atoms with van der Waals surface area (Å²) in [7, 11) is 0. The highest BCUT2D eigenvalue weighted by atomic mass is 19.4. The predicted octanol–water partition coefficient (Wildman–Crippen LogP) is 4.35. The van der Waals surface area contributed by atoms with Crippen molar-refractivity contribution in [2.45, 2.75) is 25.4 Å². The maximum atomic E-state index is 12.4. The average molecular weight is 363 g/mol. The largest absolute Gasteiger partial charge is 0.573 e. The molecule has 3 nitrogen and oxygen atoms in total. The summed E-state index contributed by atoms with van der Waals surface area (Å²) in [4.78, 5) is 15.2. The maximum Gasteiger partial charge on any atom is 0.573 e. The molecule has 1 aromatic carbocycles. The molecule has 2 aromatic rings. The molecule has 0 saturated carbocycles. The second-order valence-corrected chi connectivity index (χ2v) is 5.13. The van der Waals surface area contributed by atoms with Gasteiger partial charge in [-0.05, 0) is 29.3 Å². The summed E-state index contributed by atoms with van der Waals surface area (Å²) in [5.74, 6) is -0.721. The number of Topliss-reactive ketones (excluding diaryl/α,β-unsaturated/α-hetero) is 1. The number of carbonyl (C=O) groups is 1. The molecule has 0 unspecified atom stereocenters. The number of hydrogen-bond donors (Lipinski definition) is 0. The van der Waals surface area contributed by atoms with Gasteiger partial charge in [-0.1, -0.05) is 18.2 Å². The van der Waals surface area contributed by atoms with Gasteiger partial charge in [0, 0.05) is 19.0 Å². The maximum absolute atomic E-state index is 12.4. The second kappa shape index (κ2) is 7.12. The van der Waals surface area contributed by atoms with Crippen molar-refractivity contribution >= 4 is 5.78 Å². The van der Waals surface area contributed by atoms with E-state index in [0.29, 0.717) is 11.1 Å². The molecule has 2 rings (SSSR count). The fourth-order valence-corrected chi connectivity index (χ4v) is 2.02. The zero-order valence-corrected chi connectivity index (χ0v) is 12.5. The van der Waals surface area contributed by atoms with Crippen LogP contribution in [0.1, 0.15) is 16.8 Å². The van der Waals surface area contributed by atoms with Gasteiger partial charge in [-0.15, -0.1) is 13.2 Å². The molecule has 0 aliphatic rings. The van der Waals surface area contributed by atoms with Gasteiger partial charge in [-0.3, -0.25) is 9.78 Å². The Morgan fingerprint density at radius 1 is 0.880 bits per heavy atom. The lowest BCUT2D eigenvalue weighted by atomic mass is 10.0. The van der Waals surface area contributed by atoms with Crippen LogP contribution >= 0.6 is 0 Å². The number of halogens is 6. The first-order chi connectivity index (χ1) is 11.5. The Morgan fingerprint density at radius 3 is 1.92 bits per heavy atom. The van der Waals surface area contributed by atoms with Crippen molar-refractivity contribution in [3.05, 3.63) is 59.4 Å². The highest BCUT2D eigenvalue weighted by molar-refractivity contribution is 5.83. The lowest BCUT2D eigenvalue weighted by Gasteiger charge is -2.09. The van der Waals surface area contributed by atoms with Crippen LogP contribution in [0, 0.1) is 0 Å². The van der Waals surface area contributed by atoms with Gasteiger partial charge in [0.05, 0.1) is 0 Å². The van der Waals surface area contributed by atoms with E-state index in [1.54, 1.807) is 0 Å². The summed E-state index contributed by atoms with van der Waals surface area (Å²) in [5, 5.41) is 0. The standard InChI is InChI=1S/C16H11F6NO2/c17-15(18,19)14-6-3-11(9-23-14)8-12(24)7-10-1-4-13(5-2-10)25-16(20,21)22/h1-6,9H,7-8H2. The third kappa shape index (κ3) is 6.09. The Kier molecular flexibility index (Phi) is 5.34. The van der Waals surface area contributed by atoms with Crippen molar-refractivity contribution in [1.29, 1.82) is 0 Å². The monoisotopic (exact) mass is 363 g/mol. The molecule has 0 aliphatic carbocycles. The van der Waals surface area contributed by atoms with Gasteiger partial charge in [0.2, 0.25) is 0 Å². The van der Waals surface area contributed by atoms with Crippen LogP contribution in [0.5, 0.6) is 5.75 Å². The Morgan fingerprint density at radius 2 is 1.44 bits per heavy atom. The van der Waals surface area contributed by atoms with Crippen LogP contribution in [-0.2, 0) is 23.8 Å². The summed E-state index contributed by atoms with van der Waals surface area (Å²) < 4.78 is 77.0. The molecule has 25 heavy (non-hydrogen) atoms. The van der Waals surface area contributed by atoms with Crippen LogP contribution in [-0.4, -0.2) is 17.1 Å². The lowest BCUT2D eigenvalue weighted by molar-refractivity contribution is -0.274. The van der Waals surface area contributed by atoms with Crippen molar-refractivity contribution in [2.75, 3.05) is 0 Å². The molecule has 9 heteroatoms. The molecule has 0 fully saturated rings. The Hall–Kier alpha value is -2.58. The van der Waals surface area contributed by atoms with Gasteiger partial charge >= 0.3 is 12.5 Å². The Bertz CT molecular complexity index is 720. The van der Waals surface area contributed by atoms with E-state index in [2.05, 4.69) is 9.72 Å².